The molecule has 4 heteroatoms. The van der Waals surface area contributed by atoms with E-state index in [0.717, 1.165) is 28.2 Å². The van der Waals surface area contributed by atoms with Crippen molar-refractivity contribution < 1.29 is 0 Å². The molecule has 0 atom stereocenters. The van der Waals surface area contributed by atoms with Crippen molar-refractivity contribution in [3.05, 3.63) is 28.2 Å². The molecule has 0 unspecified atom stereocenters. The van der Waals surface area contributed by atoms with Crippen LogP contribution in [0.2, 0.25) is 0 Å². The van der Waals surface area contributed by atoms with Crippen molar-refractivity contribution >= 4 is 38.8 Å². The first-order valence-corrected chi connectivity index (χ1v) is 8.96. The molecule has 0 radical (unpaired) electrons. The number of hydrogen-bond acceptors (Lipinski definition) is 2. The Morgan fingerprint density at radius 1 is 1.38 bits per heavy atom. The van der Waals surface area contributed by atoms with Gasteiger partial charge in [-0.2, -0.15) is 0 Å². The molecule has 0 bridgehead atoms. The molecule has 0 aromatic heterocycles. The highest BCUT2D eigenvalue weighted by Crippen LogP contribution is 2.43. The molecule has 1 saturated carbocycles. The van der Waals surface area contributed by atoms with Crippen LogP contribution in [0.4, 0.5) is 5.69 Å². The second-order valence-electron chi connectivity index (χ2n) is 6.69. The molecule has 0 amide bonds. The Hall–Kier alpha value is -0.610. The van der Waals surface area contributed by atoms with Gasteiger partial charge in [0.15, 0.2) is 0 Å². The number of nitrogens with one attached hydrogen (secondary N) is 1. The number of nitrogens with two attached hydrogens (primary N) is 1. The highest BCUT2D eigenvalue weighted by Gasteiger charge is 2.34. The van der Waals surface area contributed by atoms with Crippen LogP contribution in [-0.2, 0) is 0 Å². The summed E-state index contributed by atoms with van der Waals surface area (Å²) in [6.07, 6.45) is 6.66. The summed E-state index contributed by atoms with van der Waals surface area (Å²) in [5.41, 5.74) is 8.28. The monoisotopic (exact) mass is 368 g/mol. The number of anilines is 1. The highest BCUT2D eigenvalue weighted by atomic mass is 79.9. The van der Waals surface area contributed by atoms with Gasteiger partial charge in [-0.3, -0.25) is 0 Å². The predicted octanol–water partition coefficient (Wildman–Crippen LogP) is 5.10. The normalized spacial score (nSPS) is 17.1. The van der Waals surface area contributed by atoms with Gasteiger partial charge >= 0.3 is 0 Å². The van der Waals surface area contributed by atoms with Gasteiger partial charge < -0.3 is 11.1 Å². The van der Waals surface area contributed by atoms with Crippen LogP contribution >= 0.6 is 28.1 Å². The average Bonchev–Trinajstić information content (AvgIpc) is 2.84. The van der Waals surface area contributed by atoms with Crippen molar-refractivity contribution in [3.8, 4) is 0 Å². The second-order valence-corrected chi connectivity index (χ2v) is 7.98. The zero-order chi connectivity index (χ0) is 15.5. The van der Waals surface area contributed by atoms with Gasteiger partial charge in [-0.1, -0.05) is 45.0 Å². The lowest BCUT2D eigenvalue weighted by molar-refractivity contribution is 0.252. The summed E-state index contributed by atoms with van der Waals surface area (Å²) in [4.78, 5) is 0.439. The first kappa shape index (κ1) is 16.8. The number of halogens is 1. The third-order valence-electron chi connectivity index (χ3n) is 4.42. The molecule has 0 aliphatic heterocycles. The molecule has 1 fully saturated rings. The topological polar surface area (TPSA) is 38.0 Å². The summed E-state index contributed by atoms with van der Waals surface area (Å²) in [5.74, 6) is 0.738. The van der Waals surface area contributed by atoms with Crippen LogP contribution in [0.1, 0.15) is 51.5 Å². The molecule has 1 aliphatic carbocycles. The van der Waals surface area contributed by atoms with Crippen LogP contribution in [0.3, 0.4) is 0 Å². The smallest absolute Gasteiger partial charge is 0.107 e. The minimum absolute atomic E-state index is 0.434. The summed E-state index contributed by atoms with van der Waals surface area (Å²) < 4.78 is 0.962. The molecule has 1 aromatic carbocycles. The molecule has 2 rings (SSSR count). The van der Waals surface area contributed by atoms with Crippen molar-refractivity contribution in [3.63, 3.8) is 0 Å². The van der Waals surface area contributed by atoms with Crippen molar-refractivity contribution in [2.45, 2.75) is 46.0 Å². The fourth-order valence-electron chi connectivity index (χ4n) is 3.65. The largest absolute Gasteiger partial charge is 0.389 e. The minimum Gasteiger partial charge on any atom is -0.389 e. The fraction of sp³-hybridized carbons (Fsp3) is 0.588. The van der Waals surface area contributed by atoms with Gasteiger partial charge in [-0.05, 0) is 58.7 Å². The van der Waals surface area contributed by atoms with Gasteiger partial charge in [0.2, 0.25) is 0 Å². The maximum atomic E-state index is 5.87. The zero-order valence-corrected chi connectivity index (χ0v) is 15.3. The van der Waals surface area contributed by atoms with Crippen molar-refractivity contribution in [2.24, 2.45) is 17.1 Å². The van der Waals surface area contributed by atoms with Crippen molar-refractivity contribution in [1.29, 1.82) is 0 Å². The van der Waals surface area contributed by atoms with Crippen LogP contribution in [0.25, 0.3) is 0 Å². The molecule has 0 heterocycles. The maximum Gasteiger partial charge on any atom is 0.107 e. The van der Waals surface area contributed by atoms with Gasteiger partial charge in [0.25, 0.3) is 0 Å². The van der Waals surface area contributed by atoms with Gasteiger partial charge in [0, 0.05) is 22.3 Å². The number of rotatable bonds is 6. The summed E-state index contributed by atoms with van der Waals surface area (Å²) in [6, 6.07) is 6.08. The van der Waals surface area contributed by atoms with E-state index in [9.17, 15) is 0 Å². The zero-order valence-electron chi connectivity index (χ0n) is 12.9. The first-order chi connectivity index (χ1) is 9.93. The lowest BCUT2D eigenvalue weighted by atomic mass is 9.78. The SMILES string of the molecule is CC(C)CC1(CNc2cccc(Br)c2C(N)=S)CCCC1. The predicted molar refractivity (Wildman–Crippen MR) is 98.9 cm³/mol. The Bertz CT molecular complexity index is 508. The molecule has 0 spiro atoms. The molecule has 3 N–H and O–H groups in total. The molecule has 116 valence electrons. The van der Waals surface area contributed by atoms with E-state index in [4.69, 9.17) is 18.0 Å². The Morgan fingerprint density at radius 2 is 2.05 bits per heavy atom. The lowest BCUT2D eigenvalue weighted by Gasteiger charge is -2.32. The molecule has 2 nitrogen and oxygen atoms in total. The van der Waals surface area contributed by atoms with E-state index in [-0.39, 0.29) is 0 Å². The van der Waals surface area contributed by atoms with Gasteiger partial charge in [-0.15, -0.1) is 0 Å². The van der Waals surface area contributed by atoms with E-state index in [0.29, 0.717) is 10.4 Å². The van der Waals surface area contributed by atoms with Gasteiger partial charge in [-0.25, -0.2) is 0 Å². The van der Waals surface area contributed by atoms with Crippen LogP contribution in [0.5, 0.6) is 0 Å². The molecule has 1 aromatic rings. The van der Waals surface area contributed by atoms with Crippen molar-refractivity contribution in [1.82, 2.24) is 0 Å². The highest BCUT2D eigenvalue weighted by molar-refractivity contribution is 9.10. The molecular formula is C17H25BrN2S. The standard InChI is InChI=1S/C17H25BrN2S/c1-12(2)10-17(8-3-4-9-17)11-20-14-7-5-6-13(18)15(14)16(19)21/h5-7,12,20H,3-4,8-11H2,1-2H3,(H2,19,21). The van der Waals surface area contributed by atoms with E-state index in [1.54, 1.807) is 0 Å². The Kier molecular flexibility index (Phi) is 5.67. The van der Waals surface area contributed by atoms with Crippen LogP contribution in [0, 0.1) is 11.3 Å². The average molecular weight is 369 g/mol. The first-order valence-electron chi connectivity index (χ1n) is 7.76. The Balaban J connectivity index is 2.15. The Labute approximate surface area is 142 Å². The van der Waals surface area contributed by atoms with E-state index in [1.165, 1.54) is 32.1 Å². The maximum absolute atomic E-state index is 5.87. The van der Waals surface area contributed by atoms with Crippen LogP contribution < -0.4 is 11.1 Å². The summed E-state index contributed by atoms with van der Waals surface area (Å²) in [5, 5.41) is 3.63. The van der Waals surface area contributed by atoms with Crippen LogP contribution in [0.15, 0.2) is 22.7 Å². The summed E-state index contributed by atoms with van der Waals surface area (Å²) in [6.45, 7) is 5.65. The number of benzene rings is 1. The van der Waals surface area contributed by atoms with Gasteiger partial charge in [0.05, 0.1) is 0 Å². The quantitative estimate of drug-likeness (QED) is 0.685. The van der Waals surface area contributed by atoms with Crippen molar-refractivity contribution in [2.75, 3.05) is 11.9 Å². The molecular weight excluding hydrogens is 344 g/mol. The number of hydrogen-bond donors (Lipinski definition) is 2. The van der Waals surface area contributed by atoms with Crippen LogP contribution in [-0.4, -0.2) is 11.5 Å². The molecule has 21 heavy (non-hydrogen) atoms. The minimum atomic E-state index is 0.434. The van der Waals surface area contributed by atoms with Gasteiger partial charge in [0.1, 0.15) is 4.99 Å². The third kappa shape index (κ3) is 4.19. The van der Waals surface area contributed by atoms with E-state index < -0.39 is 0 Å². The lowest BCUT2D eigenvalue weighted by Crippen LogP contribution is -2.29. The Morgan fingerprint density at radius 3 is 2.62 bits per heavy atom. The summed E-state index contributed by atoms with van der Waals surface area (Å²) in [7, 11) is 0. The third-order valence-corrected chi connectivity index (χ3v) is 5.28. The second kappa shape index (κ2) is 7.10. The van der Waals surface area contributed by atoms with E-state index in [1.807, 2.05) is 12.1 Å². The summed E-state index contributed by atoms with van der Waals surface area (Å²) >= 11 is 8.74. The number of thiocarbonyl (C=S) groups is 1. The molecule has 1 aliphatic rings. The van der Waals surface area contributed by atoms with E-state index >= 15 is 0 Å². The fourth-order valence-corrected chi connectivity index (χ4v) is 4.58. The molecule has 0 saturated heterocycles. The van der Waals surface area contributed by atoms with E-state index in [2.05, 4.69) is 41.2 Å².